The average Bonchev–Trinajstić information content (AvgIpc) is 3.43. The first-order valence-electron chi connectivity index (χ1n) is 12.6. The van der Waals surface area contributed by atoms with Crippen molar-refractivity contribution < 1.29 is 23.2 Å². The summed E-state index contributed by atoms with van der Waals surface area (Å²) in [6.07, 6.45) is 2.41. The zero-order valence-electron chi connectivity index (χ0n) is 21.3. The van der Waals surface area contributed by atoms with Gasteiger partial charge in [-0.25, -0.2) is 9.18 Å². The van der Waals surface area contributed by atoms with Gasteiger partial charge in [0.05, 0.1) is 18.8 Å². The van der Waals surface area contributed by atoms with Crippen molar-refractivity contribution in [1.29, 1.82) is 0 Å². The Labute approximate surface area is 215 Å². The molecule has 9 heteroatoms. The second-order valence-corrected chi connectivity index (χ2v) is 10.1. The van der Waals surface area contributed by atoms with Gasteiger partial charge < -0.3 is 9.26 Å². The van der Waals surface area contributed by atoms with Crippen LogP contribution in [0.5, 0.6) is 5.75 Å². The molecule has 0 aliphatic carbocycles. The number of urea groups is 1. The highest BCUT2D eigenvalue weighted by Gasteiger charge is 2.60. The largest absolute Gasteiger partial charge is 0.491 e. The number of likely N-dealkylation sites (tertiary alicyclic amines) is 1. The van der Waals surface area contributed by atoms with E-state index < -0.39 is 17.4 Å². The minimum Gasteiger partial charge on any atom is -0.491 e. The van der Waals surface area contributed by atoms with Gasteiger partial charge in [0, 0.05) is 30.9 Å². The van der Waals surface area contributed by atoms with Crippen molar-refractivity contribution >= 4 is 17.6 Å². The van der Waals surface area contributed by atoms with Crippen molar-refractivity contribution in [2.75, 3.05) is 11.4 Å². The Bertz CT molecular complexity index is 1280. The summed E-state index contributed by atoms with van der Waals surface area (Å²) in [7, 11) is 0. The topological polar surface area (TPSA) is 79.1 Å². The maximum Gasteiger partial charge on any atom is 0.332 e. The van der Waals surface area contributed by atoms with Crippen LogP contribution in [0.2, 0.25) is 0 Å². The van der Waals surface area contributed by atoms with Gasteiger partial charge in [-0.3, -0.25) is 19.5 Å². The number of anilines is 1. The van der Waals surface area contributed by atoms with E-state index in [-0.39, 0.29) is 24.6 Å². The Morgan fingerprint density at radius 1 is 1.14 bits per heavy atom. The highest BCUT2D eigenvalue weighted by molar-refractivity contribution is 6.16. The number of ether oxygens (including phenoxy) is 1. The highest BCUT2D eigenvalue weighted by Crippen LogP contribution is 2.43. The average molecular weight is 507 g/mol. The Morgan fingerprint density at radius 2 is 1.95 bits per heavy atom. The minimum atomic E-state index is -1.11. The van der Waals surface area contributed by atoms with E-state index in [1.54, 1.807) is 18.2 Å². The van der Waals surface area contributed by atoms with Crippen LogP contribution >= 0.6 is 0 Å². The van der Waals surface area contributed by atoms with Gasteiger partial charge in [-0.15, -0.1) is 0 Å². The number of amides is 3. The summed E-state index contributed by atoms with van der Waals surface area (Å²) >= 11 is 0. The van der Waals surface area contributed by atoms with Crippen molar-refractivity contribution in [3.8, 4) is 5.75 Å². The smallest absolute Gasteiger partial charge is 0.332 e. The van der Waals surface area contributed by atoms with E-state index in [0.29, 0.717) is 37.4 Å². The van der Waals surface area contributed by atoms with Gasteiger partial charge in [0.2, 0.25) is 0 Å². The van der Waals surface area contributed by atoms with Gasteiger partial charge in [-0.1, -0.05) is 23.4 Å². The molecule has 8 nitrogen and oxygen atoms in total. The lowest BCUT2D eigenvalue weighted by molar-refractivity contribution is -0.133. The van der Waals surface area contributed by atoms with Crippen LogP contribution in [-0.4, -0.2) is 51.1 Å². The van der Waals surface area contributed by atoms with Crippen LogP contribution in [0.15, 0.2) is 65.3 Å². The van der Waals surface area contributed by atoms with Gasteiger partial charge in [-0.05, 0) is 69.5 Å². The number of hydrogen-bond acceptors (Lipinski definition) is 6. The van der Waals surface area contributed by atoms with E-state index in [2.05, 4.69) is 23.0 Å². The Morgan fingerprint density at radius 3 is 2.65 bits per heavy atom. The van der Waals surface area contributed by atoms with E-state index in [1.807, 2.05) is 32.0 Å². The summed E-state index contributed by atoms with van der Waals surface area (Å²) < 4.78 is 25.2. The van der Waals surface area contributed by atoms with Gasteiger partial charge in [-0.2, -0.15) is 0 Å². The molecule has 1 aromatic heterocycles. The Balaban J connectivity index is 1.42. The molecule has 194 valence electrons. The molecule has 0 bridgehead atoms. The molecule has 0 N–H and O–H groups in total. The summed E-state index contributed by atoms with van der Waals surface area (Å²) in [4.78, 5) is 32.6. The van der Waals surface area contributed by atoms with Crippen LogP contribution < -0.4 is 9.64 Å². The lowest BCUT2D eigenvalue weighted by Gasteiger charge is -2.45. The number of imide groups is 1. The lowest BCUT2D eigenvalue weighted by atomic mass is 9.81. The van der Waals surface area contributed by atoms with E-state index in [1.165, 1.54) is 28.1 Å². The summed E-state index contributed by atoms with van der Waals surface area (Å²) in [5, 5.41) is 3.69. The van der Waals surface area contributed by atoms with Crippen LogP contribution in [-0.2, 0) is 17.9 Å². The molecule has 3 heterocycles. The standard InChI is InChI=1S/C28H31FN4O4/c1-19(2)36-24-9-4-6-21(14-24)17-31-13-11-28(16-20(31)3)26(34)32(18-25-10-12-30-37-25)27(35)33(28)23-8-5-7-22(29)15-23/h4-10,12,14-15,19-20H,11,13,16-18H2,1-3H3/t20-,28?/m0/s1. The molecule has 2 aromatic carbocycles. The van der Waals surface area contributed by atoms with Gasteiger partial charge in [0.15, 0.2) is 5.76 Å². The molecule has 0 saturated carbocycles. The number of benzene rings is 2. The predicted octanol–water partition coefficient (Wildman–Crippen LogP) is 4.99. The molecule has 0 radical (unpaired) electrons. The van der Waals surface area contributed by atoms with E-state index in [0.717, 1.165) is 11.3 Å². The number of carbonyl (C=O) groups excluding carboxylic acids is 2. The van der Waals surface area contributed by atoms with Gasteiger partial charge >= 0.3 is 6.03 Å². The second-order valence-electron chi connectivity index (χ2n) is 10.1. The van der Waals surface area contributed by atoms with Crippen LogP contribution in [0.3, 0.4) is 0 Å². The SMILES string of the molecule is CC(C)Oc1cccc(CN2CCC3(C[C@@H]2C)C(=O)N(Cc2ccno2)C(=O)N3c2cccc(F)c2)c1. The van der Waals surface area contributed by atoms with Crippen molar-refractivity contribution in [1.82, 2.24) is 15.0 Å². The van der Waals surface area contributed by atoms with Gasteiger partial charge in [0.1, 0.15) is 17.1 Å². The normalized spacial score (nSPS) is 22.5. The third-order valence-corrected chi connectivity index (χ3v) is 7.09. The molecule has 2 aliphatic rings. The molecule has 5 rings (SSSR count). The van der Waals surface area contributed by atoms with Crippen molar-refractivity contribution in [3.05, 3.63) is 77.9 Å². The molecule has 1 unspecified atom stereocenters. The molecule has 3 amide bonds. The number of nitrogens with zero attached hydrogens (tertiary/aromatic N) is 4. The van der Waals surface area contributed by atoms with Crippen LogP contribution in [0, 0.1) is 5.82 Å². The molecule has 2 atom stereocenters. The van der Waals surface area contributed by atoms with Crippen molar-refractivity contribution in [2.24, 2.45) is 0 Å². The number of aromatic nitrogens is 1. The first-order chi connectivity index (χ1) is 17.8. The molecular weight excluding hydrogens is 475 g/mol. The molecule has 37 heavy (non-hydrogen) atoms. The van der Waals surface area contributed by atoms with E-state index in [4.69, 9.17) is 9.26 Å². The Kier molecular flexibility index (Phi) is 6.72. The number of carbonyl (C=O) groups is 2. The first-order valence-corrected chi connectivity index (χ1v) is 12.6. The molecule has 3 aromatic rings. The fourth-order valence-electron chi connectivity index (χ4n) is 5.45. The van der Waals surface area contributed by atoms with Crippen LogP contribution in [0.25, 0.3) is 0 Å². The maximum absolute atomic E-state index is 14.2. The predicted molar refractivity (Wildman–Crippen MR) is 135 cm³/mol. The quantitative estimate of drug-likeness (QED) is 0.420. The summed E-state index contributed by atoms with van der Waals surface area (Å²) in [5.41, 5.74) is 0.380. The monoisotopic (exact) mass is 506 g/mol. The minimum absolute atomic E-state index is 0.0125. The van der Waals surface area contributed by atoms with Crippen LogP contribution in [0.4, 0.5) is 14.9 Å². The fraction of sp³-hybridized carbons (Fsp3) is 0.393. The molecular formula is C28H31FN4O4. The summed E-state index contributed by atoms with van der Waals surface area (Å²) in [5.74, 6) is 0.477. The van der Waals surface area contributed by atoms with E-state index >= 15 is 0 Å². The van der Waals surface area contributed by atoms with Crippen LogP contribution in [0.1, 0.15) is 44.9 Å². The lowest BCUT2D eigenvalue weighted by Crippen LogP contribution is -2.59. The fourth-order valence-corrected chi connectivity index (χ4v) is 5.45. The summed E-state index contributed by atoms with van der Waals surface area (Å²) in [6.45, 7) is 7.32. The maximum atomic E-state index is 14.2. The zero-order valence-corrected chi connectivity index (χ0v) is 21.3. The molecule has 2 saturated heterocycles. The van der Waals surface area contributed by atoms with Crippen molar-refractivity contribution in [2.45, 2.75) is 64.4 Å². The third-order valence-electron chi connectivity index (χ3n) is 7.09. The number of halogens is 1. The number of piperidine rings is 1. The molecule has 2 fully saturated rings. The number of rotatable bonds is 7. The Hall–Kier alpha value is -3.72. The molecule has 2 aliphatic heterocycles. The summed E-state index contributed by atoms with van der Waals surface area (Å²) in [6, 6.07) is 15.0. The van der Waals surface area contributed by atoms with Gasteiger partial charge in [0.25, 0.3) is 5.91 Å². The van der Waals surface area contributed by atoms with Crippen molar-refractivity contribution in [3.63, 3.8) is 0 Å². The highest BCUT2D eigenvalue weighted by atomic mass is 19.1. The third kappa shape index (κ3) is 4.83. The second kappa shape index (κ2) is 9.97. The first kappa shape index (κ1) is 25.0. The molecule has 1 spiro atoms. The number of hydrogen-bond donors (Lipinski definition) is 0. The van der Waals surface area contributed by atoms with E-state index in [9.17, 15) is 14.0 Å². The zero-order chi connectivity index (χ0) is 26.2.